The van der Waals surface area contributed by atoms with Gasteiger partial charge in [-0.15, -0.1) is 0 Å². The lowest BCUT2D eigenvalue weighted by atomic mass is 10.2. The number of phenols is 2. The molecule has 2 heterocycles. The summed E-state index contributed by atoms with van der Waals surface area (Å²) in [6.07, 6.45) is 1.36. The van der Waals surface area contributed by atoms with Crippen molar-refractivity contribution in [3.8, 4) is 11.5 Å². The zero-order valence-electron chi connectivity index (χ0n) is 18.6. The molecule has 1 aromatic heterocycles. The first-order valence-electron chi connectivity index (χ1n) is 10.5. The summed E-state index contributed by atoms with van der Waals surface area (Å²) in [5, 5.41) is 37.7. The number of benzene rings is 2. The molecular formula is C21H22BrN9O4. The maximum Gasteiger partial charge on any atom is 0.269 e. The van der Waals surface area contributed by atoms with Crippen LogP contribution in [0.1, 0.15) is 5.56 Å². The first kappa shape index (κ1) is 24.1. The highest BCUT2D eigenvalue weighted by atomic mass is 79.9. The van der Waals surface area contributed by atoms with Crippen molar-refractivity contribution in [2.24, 2.45) is 5.10 Å². The minimum absolute atomic E-state index is 0.0230. The lowest BCUT2D eigenvalue weighted by Crippen LogP contribution is -2.45. The molecule has 0 amide bonds. The number of nitro benzene ring substituents is 1. The largest absolute Gasteiger partial charge is 0.507 e. The summed E-state index contributed by atoms with van der Waals surface area (Å²) < 4.78 is 0.406. The third-order valence-corrected chi connectivity index (χ3v) is 5.84. The van der Waals surface area contributed by atoms with Crippen molar-refractivity contribution in [2.75, 3.05) is 48.9 Å². The zero-order chi connectivity index (χ0) is 24.9. The van der Waals surface area contributed by atoms with E-state index in [1.807, 2.05) is 11.9 Å². The number of nitrogens with zero attached hydrogens (tertiary/aromatic N) is 7. The smallest absolute Gasteiger partial charge is 0.269 e. The molecule has 182 valence electrons. The highest BCUT2D eigenvalue weighted by Crippen LogP contribution is 2.30. The van der Waals surface area contributed by atoms with Crippen LogP contribution in [0.25, 0.3) is 0 Å². The Morgan fingerprint density at radius 1 is 1.06 bits per heavy atom. The van der Waals surface area contributed by atoms with Crippen LogP contribution in [0.15, 0.2) is 46.0 Å². The number of nitro groups is 1. The van der Waals surface area contributed by atoms with Gasteiger partial charge < -0.3 is 25.3 Å². The van der Waals surface area contributed by atoms with Crippen molar-refractivity contribution in [1.82, 2.24) is 19.9 Å². The summed E-state index contributed by atoms with van der Waals surface area (Å²) in [4.78, 5) is 28.0. The molecule has 0 saturated carbocycles. The van der Waals surface area contributed by atoms with E-state index in [1.165, 1.54) is 30.5 Å². The van der Waals surface area contributed by atoms with Gasteiger partial charge in [-0.25, -0.2) is 5.43 Å². The summed E-state index contributed by atoms with van der Waals surface area (Å²) in [7, 11) is 2.05. The predicted molar refractivity (Wildman–Crippen MR) is 135 cm³/mol. The summed E-state index contributed by atoms with van der Waals surface area (Å²) in [6.45, 7) is 3.17. The molecule has 0 spiro atoms. The highest BCUT2D eigenvalue weighted by Gasteiger charge is 2.19. The molecule has 0 bridgehead atoms. The van der Waals surface area contributed by atoms with Gasteiger partial charge in [0.2, 0.25) is 17.8 Å². The Balaban J connectivity index is 1.58. The van der Waals surface area contributed by atoms with Gasteiger partial charge in [0.15, 0.2) is 0 Å². The van der Waals surface area contributed by atoms with Gasteiger partial charge in [-0.1, -0.05) is 0 Å². The molecular weight excluding hydrogens is 522 g/mol. The van der Waals surface area contributed by atoms with Crippen LogP contribution < -0.4 is 15.6 Å². The number of hydrogen-bond donors (Lipinski definition) is 4. The Morgan fingerprint density at radius 2 is 1.74 bits per heavy atom. The fourth-order valence-corrected chi connectivity index (χ4v) is 3.60. The number of hydrazone groups is 1. The van der Waals surface area contributed by atoms with Gasteiger partial charge in [0.25, 0.3) is 5.69 Å². The van der Waals surface area contributed by atoms with Crippen LogP contribution in [-0.2, 0) is 0 Å². The van der Waals surface area contributed by atoms with Crippen molar-refractivity contribution in [3.05, 3.63) is 56.5 Å². The van der Waals surface area contributed by atoms with Crippen LogP contribution in [0.3, 0.4) is 0 Å². The number of piperazine rings is 1. The molecule has 35 heavy (non-hydrogen) atoms. The van der Waals surface area contributed by atoms with E-state index in [-0.39, 0.29) is 29.1 Å². The molecule has 0 atom stereocenters. The molecule has 1 aliphatic rings. The van der Waals surface area contributed by atoms with Gasteiger partial charge in [0.05, 0.1) is 15.6 Å². The zero-order valence-corrected chi connectivity index (χ0v) is 20.2. The molecule has 4 rings (SSSR count). The van der Waals surface area contributed by atoms with Crippen molar-refractivity contribution < 1.29 is 15.1 Å². The quantitative estimate of drug-likeness (QED) is 0.196. The number of hydrogen-bond acceptors (Lipinski definition) is 12. The molecule has 1 aliphatic heterocycles. The fraction of sp³-hybridized carbons (Fsp3) is 0.238. The number of likely N-dealkylation sites (N-methyl/N-ethyl adjacent to an activating group) is 1. The van der Waals surface area contributed by atoms with E-state index in [1.54, 1.807) is 12.1 Å². The second-order valence-corrected chi connectivity index (χ2v) is 8.59. The summed E-state index contributed by atoms with van der Waals surface area (Å²) in [5.41, 5.74) is 3.65. The number of halogens is 1. The maximum atomic E-state index is 10.9. The minimum atomic E-state index is -0.470. The first-order valence-corrected chi connectivity index (χ1v) is 11.3. The highest BCUT2D eigenvalue weighted by molar-refractivity contribution is 9.10. The second kappa shape index (κ2) is 10.5. The van der Waals surface area contributed by atoms with Crippen LogP contribution in [0, 0.1) is 10.1 Å². The van der Waals surface area contributed by atoms with Gasteiger partial charge in [-0.05, 0) is 41.2 Å². The Bertz CT molecular complexity index is 1250. The lowest BCUT2D eigenvalue weighted by Gasteiger charge is -2.32. The minimum Gasteiger partial charge on any atom is -0.507 e. The predicted octanol–water partition coefficient (Wildman–Crippen LogP) is 2.89. The summed E-state index contributed by atoms with van der Waals surface area (Å²) >= 11 is 3.20. The molecule has 0 unspecified atom stereocenters. The molecule has 4 N–H and O–H groups in total. The average molecular weight is 544 g/mol. The summed E-state index contributed by atoms with van der Waals surface area (Å²) in [5.74, 6) is 0.600. The van der Waals surface area contributed by atoms with E-state index in [0.29, 0.717) is 21.7 Å². The fourth-order valence-electron chi connectivity index (χ4n) is 3.24. The van der Waals surface area contributed by atoms with E-state index in [2.05, 4.69) is 51.6 Å². The molecule has 1 saturated heterocycles. The molecule has 3 aromatic rings. The second-order valence-electron chi connectivity index (χ2n) is 7.73. The number of aromatic nitrogens is 3. The van der Waals surface area contributed by atoms with E-state index < -0.39 is 4.92 Å². The van der Waals surface area contributed by atoms with Crippen molar-refractivity contribution in [3.63, 3.8) is 0 Å². The van der Waals surface area contributed by atoms with Crippen molar-refractivity contribution in [1.29, 1.82) is 0 Å². The average Bonchev–Trinajstić information content (AvgIpc) is 2.83. The molecule has 1 fully saturated rings. The maximum absolute atomic E-state index is 10.9. The topological polar surface area (TPSA) is 165 Å². The van der Waals surface area contributed by atoms with Crippen LogP contribution in [0.2, 0.25) is 0 Å². The monoisotopic (exact) mass is 543 g/mol. The molecule has 2 aromatic carbocycles. The van der Waals surface area contributed by atoms with Gasteiger partial charge in [-0.2, -0.15) is 20.1 Å². The lowest BCUT2D eigenvalue weighted by molar-refractivity contribution is -0.384. The number of nitrogens with one attached hydrogen (secondary N) is 2. The number of rotatable bonds is 7. The third kappa shape index (κ3) is 6.10. The Hall–Kier alpha value is -4.04. The summed E-state index contributed by atoms with van der Waals surface area (Å²) in [6, 6.07) is 8.61. The van der Waals surface area contributed by atoms with Crippen LogP contribution in [0.5, 0.6) is 11.5 Å². The van der Waals surface area contributed by atoms with E-state index >= 15 is 0 Å². The number of phenolic OH excluding ortho intramolecular Hbond substituents is 2. The van der Waals surface area contributed by atoms with Crippen LogP contribution in [0.4, 0.5) is 29.2 Å². The molecule has 0 aliphatic carbocycles. The Labute approximate surface area is 208 Å². The SMILES string of the molecule is CN1CCN(c2nc(N/N=C/c3cc(Br)c(O)cc3O)nc(Nc3ccc([N+](=O)[O-])cc3)n2)CC1. The number of non-ortho nitro benzene ring substituents is 1. The van der Waals surface area contributed by atoms with Gasteiger partial charge in [0, 0.05) is 55.6 Å². The molecule has 13 nitrogen and oxygen atoms in total. The number of anilines is 4. The van der Waals surface area contributed by atoms with Gasteiger partial charge in [-0.3, -0.25) is 10.1 Å². The van der Waals surface area contributed by atoms with Crippen molar-refractivity contribution >= 4 is 51.4 Å². The van der Waals surface area contributed by atoms with E-state index in [4.69, 9.17) is 0 Å². The molecule has 14 heteroatoms. The Morgan fingerprint density at radius 3 is 2.43 bits per heavy atom. The Kier molecular flexibility index (Phi) is 7.22. The number of aromatic hydroxyl groups is 2. The van der Waals surface area contributed by atoms with Crippen LogP contribution >= 0.6 is 15.9 Å². The van der Waals surface area contributed by atoms with E-state index in [9.17, 15) is 20.3 Å². The van der Waals surface area contributed by atoms with Crippen molar-refractivity contribution in [2.45, 2.75) is 0 Å². The van der Waals surface area contributed by atoms with Crippen LogP contribution in [-0.4, -0.2) is 74.4 Å². The van der Waals surface area contributed by atoms with Gasteiger partial charge >= 0.3 is 0 Å². The van der Waals surface area contributed by atoms with E-state index in [0.717, 1.165) is 26.2 Å². The standard InChI is InChI=1S/C21H22BrN9O4/c1-29-6-8-30(9-7-29)21-26-19(24-14-2-4-15(5-3-14)31(34)35)25-20(27-21)28-23-12-13-10-16(22)18(33)11-17(13)32/h2-5,10-12,32-33H,6-9H2,1H3,(H2,24,25,26,27,28)/b23-12+. The first-order chi connectivity index (χ1) is 16.8. The van der Waals surface area contributed by atoms with Gasteiger partial charge in [0.1, 0.15) is 11.5 Å². The normalized spacial score (nSPS) is 14.3. The third-order valence-electron chi connectivity index (χ3n) is 5.21. The molecule has 0 radical (unpaired) electrons.